The lowest BCUT2D eigenvalue weighted by Gasteiger charge is -2.18. The van der Waals surface area contributed by atoms with Gasteiger partial charge in [-0.05, 0) is 30.7 Å². The summed E-state index contributed by atoms with van der Waals surface area (Å²) >= 11 is 12.3. The molecule has 2 aromatic rings. The first-order chi connectivity index (χ1) is 8.72. The first kappa shape index (κ1) is 13.4. The van der Waals surface area contributed by atoms with E-state index in [0.29, 0.717) is 10.0 Å². The van der Waals surface area contributed by atoms with Crippen molar-refractivity contribution >= 4 is 23.2 Å². The minimum absolute atomic E-state index is 0.165. The van der Waals surface area contributed by atoms with Gasteiger partial charge in [0.2, 0.25) is 0 Å². The maximum atomic E-state index is 6.26. The Morgan fingerprint density at radius 3 is 2.39 bits per heavy atom. The average Bonchev–Trinajstić information content (AvgIpc) is 2.41. The highest BCUT2D eigenvalue weighted by Crippen LogP contribution is 2.31. The normalized spacial score (nSPS) is 12.4. The van der Waals surface area contributed by atoms with Crippen LogP contribution in [0.4, 0.5) is 0 Å². The van der Waals surface area contributed by atoms with Crippen molar-refractivity contribution in [2.45, 2.75) is 12.5 Å². The van der Waals surface area contributed by atoms with Crippen LogP contribution >= 0.6 is 23.2 Å². The maximum Gasteiger partial charge on any atom is 0.0640 e. The standard InChI is InChI=1S/C15H15Cl2N/c1-18-14(10-11-6-3-2-4-7-11)12-8-5-9-13(16)15(12)17/h2-9,14,18H,10H2,1H3. The second-order valence-corrected chi connectivity index (χ2v) is 4.96. The molecule has 0 heterocycles. The molecule has 1 unspecified atom stereocenters. The summed E-state index contributed by atoms with van der Waals surface area (Å²) in [7, 11) is 1.94. The third kappa shape index (κ3) is 3.05. The second-order valence-electron chi connectivity index (χ2n) is 4.17. The predicted octanol–water partition coefficient (Wildman–Crippen LogP) is 4.50. The van der Waals surface area contributed by atoms with Crippen molar-refractivity contribution in [1.82, 2.24) is 5.32 Å². The van der Waals surface area contributed by atoms with Crippen molar-refractivity contribution in [2.75, 3.05) is 7.05 Å². The van der Waals surface area contributed by atoms with Crippen LogP contribution in [0, 0.1) is 0 Å². The number of rotatable bonds is 4. The fraction of sp³-hybridized carbons (Fsp3) is 0.200. The number of hydrogen-bond acceptors (Lipinski definition) is 1. The van der Waals surface area contributed by atoms with E-state index in [9.17, 15) is 0 Å². The zero-order valence-corrected chi connectivity index (χ0v) is 11.7. The van der Waals surface area contributed by atoms with E-state index in [2.05, 4.69) is 17.4 Å². The SMILES string of the molecule is CNC(Cc1ccccc1)c1cccc(Cl)c1Cl. The number of benzene rings is 2. The highest BCUT2D eigenvalue weighted by Gasteiger charge is 2.14. The monoisotopic (exact) mass is 279 g/mol. The quantitative estimate of drug-likeness (QED) is 0.869. The van der Waals surface area contributed by atoms with E-state index in [1.165, 1.54) is 5.56 Å². The van der Waals surface area contributed by atoms with Gasteiger partial charge < -0.3 is 5.32 Å². The number of hydrogen-bond donors (Lipinski definition) is 1. The van der Waals surface area contributed by atoms with Gasteiger partial charge in [-0.3, -0.25) is 0 Å². The van der Waals surface area contributed by atoms with Gasteiger partial charge in [-0.1, -0.05) is 65.7 Å². The van der Waals surface area contributed by atoms with Crippen molar-refractivity contribution in [3.63, 3.8) is 0 Å². The molecule has 0 aliphatic rings. The van der Waals surface area contributed by atoms with E-state index in [-0.39, 0.29) is 6.04 Å². The van der Waals surface area contributed by atoms with Gasteiger partial charge >= 0.3 is 0 Å². The Morgan fingerprint density at radius 1 is 1.00 bits per heavy atom. The largest absolute Gasteiger partial charge is 0.313 e. The molecule has 1 atom stereocenters. The molecule has 94 valence electrons. The van der Waals surface area contributed by atoms with Gasteiger partial charge in [-0.15, -0.1) is 0 Å². The summed E-state index contributed by atoms with van der Waals surface area (Å²) in [4.78, 5) is 0. The second kappa shape index (κ2) is 6.24. The Hall–Kier alpha value is -1.02. The van der Waals surface area contributed by atoms with Crippen molar-refractivity contribution in [2.24, 2.45) is 0 Å². The fourth-order valence-corrected chi connectivity index (χ4v) is 2.45. The summed E-state index contributed by atoms with van der Waals surface area (Å²) in [5.41, 5.74) is 2.31. The molecule has 0 aliphatic heterocycles. The molecule has 0 amide bonds. The molecule has 0 spiro atoms. The molecule has 1 N–H and O–H groups in total. The zero-order valence-electron chi connectivity index (χ0n) is 10.2. The molecule has 0 aromatic heterocycles. The molecule has 1 nitrogen and oxygen atoms in total. The topological polar surface area (TPSA) is 12.0 Å². The Labute approximate surface area is 118 Å². The summed E-state index contributed by atoms with van der Waals surface area (Å²) < 4.78 is 0. The van der Waals surface area contributed by atoms with E-state index >= 15 is 0 Å². The van der Waals surface area contributed by atoms with Gasteiger partial charge in [0.05, 0.1) is 10.0 Å². The molecule has 0 radical (unpaired) electrons. The number of halogens is 2. The summed E-state index contributed by atoms with van der Waals surface area (Å²) in [5.74, 6) is 0. The van der Waals surface area contributed by atoms with Gasteiger partial charge in [-0.2, -0.15) is 0 Å². The third-order valence-electron chi connectivity index (χ3n) is 2.99. The third-order valence-corrected chi connectivity index (χ3v) is 3.82. The zero-order chi connectivity index (χ0) is 13.0. The molecule has 0 fully saturated rings. The summed E-state index contributed by atoms with van der Waals surface area (Å²) in [6, 6.07) is 16.2. The van der Waals surface area contributed by atoms with Crippen LogP contribution in [-0.2, 0) is 6.42 Å². The van der Waals surface area contributed by atoms with Crippen molar-refractivity contribution in [1.29, 1.82) is 0 Å². The molecule has 0 saturated carbocycles. The average molecular weight is 280 g/mol. The van der Waals surface area contributed by atoms with Crippen LogP contribution in [0.15, 0.2) is 48.5 Å². The Balaban J connectivity index is 2.26. The molecule has 3 heteroatoms. The summed E-state index contributed by atoms with van der Waals surface area (Å²) in [6.07, 6.45) is 0.886. The van der Waals surface area contributed by atoms with Crippen LogP contribution in [0.5, 0.6) is 0 Å². The number of likely N-dealkylation sites (N-methyl/N-ethyl adjacent to an activating group) is 1. The first-order valence-corrected chi connectivity index (χ1v) is 6.63. The Morgan fingerprint density at radius 2 is 1.72 bits per heavy atom. The van der Waals surface area contributed by atoms with Crippen molar-refractivity contribution < 1.29 is 0 Å². The Bertz CT molecular complexity index is 511. The maximum absolute atomic E-state index is 6.26. The predicted molar refractivity (Wildman–Crippen MR) is 78.4 cm³/mol. The lowest BCUT2D eigenvalue weighted by atomic mass is 9.99. The van der Waals surface area contributed by atoms with Crippen LogP contribution in [0.25, 0.3) is 0 Å². The van der Waals surface area contributed by atoms with Gasteiger partial charge in [0.25, 0.3) is 0 Å². The first-order valence-electron chi connectivity index (χ1n) is 5.87. The molecular weight excluding hydrogens is 265 g/mol. The molecule has 2 aromatic carbocycles. The van der Waals surface area contributed by atoms with Crippen LogP contribution < -0.4 is 5.32 Å². The van der Waals surface area contributed by atoms with Crippen molar-refractivity contribution in [3.8, 4) is 0 Å². The minimum atomic E-state index is 0.165. The molecule has 2 rings (SSSR count). The van der Waals surface area contributed by atoms with Crippen LogP contribution in [-0.4, -0.2) is 7.05 Å². The highest BCUT2D eigenvalue weighted by atomic mass is 35.5. The minimum Gasteiger partial charge on any atom is -0.313 e. The van der Waals surface area contributed by atoms with E-state index in [0.717, 1.165) is 12.0 Å². The highest BCUT2D eigenvalue weighted by molar-refractivity contribution is 6.42. The van der Waals surface area contributed by atoms with Crippen LogP contribution in [0.2, 0.25) is 10.0 Å². The van der Waals surface area contributed by atoms with Gasteiger partial charge in [0, 0.05) is 6.04 Å². The van der Waals surface area contributed by atoms with Crippen LogP contribution in [0.3, 0.4) is 0 Å². The number of nitrogens with one attached hydrogen (secondary N) is 1. The van der Waals surface area contributed by atoms with Crippen molar-refractivity contribution in [3.05, 3.63) is 69.7 Å². The molecule has 0 saturated heterocycles. The fourth-order valence-electron chi connectivity index (χ4n) is 2.01. The summed E-state index contributed by atoms with van der Waals surface area (Å²) in [6.45, 7) is 0. The lowest BCUT2D eigenvalue weighted by Crippen LogP contribution is -2.19. The van der Waals surface area contributed by atoms with Gasteiger partial charge in [0.1, 0.15) is 0 Å². The van der Waals surface area contributed by atoms with E-state index in [1.54, 1.807) is 0 Å². The molecule has 18 heavy (non-hydrogen) atoms. The molecule has 0 aliphatic carbocycles. The molecular formula is C15H15Cl2N. The summed E-state index contributed by atoms with van der Waals surface area (Å²) in [5, 5.41) is 4.53. The van der Waals surface area contributed by atoms with Crippen LogP contribution in [0.1, 0.15) is 17.2 Å². The van der Waals surface area contributed by atoms with Gasteiger partial charge in [-0.25, -0.2) is 0 Å². The lowest BCUT2D eigenvalue weighted by molar-refractivity contribution is 0.592. The Kier molecular flexibility index (Phi) is 4.65. The van der Waals surface area contributed by atoms with E-state index in [1.807, 2.05) is 43.4 Å². The van der Waals surface area contributed by atoms with Gasteiger partial charge in [0.15, 0.2) is 0 Å². The smallest absolute Gasteiger partial charge is 0.0640 e. The van der Waals surface area contributed by atoms with E-state index < -0.39 is 0 Å². The molecule has 0 bridgehead atoms. The van der Waals surface area contributed by atoms with E-state index in [4.69, 9.17) is 23.2 Å².